The van der Waals surface area contributed by atoms with E-state index in [0.29, 0.717) is 31.9 Å². The number of amides is 1. The number of benzene rings is 1. The number of methoxy groups -OCH3 is 1. The fraction of sp³-hybridized carbons (Fsp3) is 0.474. The summed E-state index contributed by atoms with van der Waals surface area (Å²) in [7, 11) is 1.46. The molecule has 0 bridgehead atoms. The van der Waals surface area contributed by atoms with Crippen LogP contribution in [-0.2, 0) is 19.5 Å². The van der Waals surface area contributed by atoms with Gasteiger partial charge < -0.3 is 15.0 Å². The smallest absolute Gasteiger partial charge is 0.274 e. The number of aromatic amines is 1. The molecule has 4 rings (SSSR count). The summed E-state index contributed by atoms with van der Waals surface area (Å²) >= 11 is 0. The van der Waals surface area contributed by atoms with Crippen LogP contribution in [0, 0.1) is 5.82 Å². The molecule has 0 radical (unpaired) electrons. The number of H-pyrrole nitrogens is 1. The van der Waals surface area contributed by atoms with Crippen molar-refractivity contribution in [2.24, 2.45) is 0 Å². The molecule has 1 fully saturated rings. The lowest BCUT2D eigenvalue weighted by Gasteiger charge is -2.34. The number of halogens is 1. The fourth-order valence-corrected chi connectivity index (χ4v) is 3.73. The first-order valence-corrected chi connectivity index (χ1v) is 9.26. The molecule has 3 heterocycles. The van der Waals surface area contributed by atoms with Gasteiger partial charge in [-0.25, -0.2) is 4.39 Å². The standard InChI is InChI=1S/C19H24FN5O2/c1-27-17-3-2-13(10-15(17)20)12-24-6-8-25(9-7-24)19(26)18-14-11-21-5-4-16(14)22-23-18/h2-3,10,21H,4-9,11-12H2,1H3,(H,22,23). The van der Waals surface area contributed by atoms with Gasteiger partial charge in [-0.15, -0.1) is 0 Å². The summed E-state index contributed by atoms with van der Waals surface area (Å²) in [6.45, 7) is 5.06. The molecule has 2 aliphatic heterocycles. The van der Waals surface area contributed by atoms with E-state index in [1.165, 1.54) is 13.2 Å². The zero-order valence-corrected chi connectivity index (χ0v) is 15.4. The van der Waals surface area contributed by atoms with E-state index >= 15 is 0 Å². The molecule has 8 heteroatoms. The molecule has 7 nitrogen and oxygen atoms in total. The van der Waals surface area contributed by atoms with Crippen molar-refractivity contribution in [2.45, 2.75) is 19.5 Å². The first kappa shape index (κ1) is 17.9. The third-order valence-electron chi connectivity index (χ3n) is 5.29. The van der Waals surface area contributed by atoms with Crippen molar-refractivity contribution in [3.8, 4) is 5.75 Å². The lowest BCUT2D eigenvalue weighted by atomic mass is 10.1. The molecule has 27 heavy (non-hydrogen) atoms. The van der Waals surface area contributed by atoms with Gasteiger partial charge in [-0.3, -0.25) is 14.8 Å². The number of carbonyl (C=O) groups excluding carboxylic acids is 1. The van der Waals surface area contributed by atoms with Crippen molar-refractivity contribution in [3.05, 3.63) is 46.5 Å². The van der Waals surface area contributed by atoms with Crippen LogP contribution in [0.25, 0.3) is 0 Å². The Morgan fingerprint density at radius 2 is 2.11 bits per heavy atom. The molecular weight excluding hydrogens is 349 g/mol. The maximum absolute atomic E-state index is 13.9. The molecule has 0 atom stereocenters. The summed E-state index contributed by atoms with van der Waals surface area (Å²) in [4.78, 5) is 16.9. The number of ether oxygens (including phenoxy) is 1. The molecule has 2 aromatic rings. The number of hydrogen-bond acceptors (Lipinski definition) is 5. The second-order valence-corrected chi connectivity index (χ2v) is 6.99. The van der Waals surface area contributed by atoms with Crippen LogP contribution >= 0.6 is 0 Å². The van der Waals surface area contributed by atoms with Gasteiger partial charge in [-0.1, -0.05) is 6.07 Å². The van der Waals surface area contributed by atoms with E-state index in [4.69, 9.17) is 4.74 Å². The van der Waals surface area contributed by atoms with Gasteiger partial charge in [0, 0.05) is 63.5 Å². The molecule has 1 amide bonds. The van der Waals surface area contributed by atoms with Crippen molar-refractivity contribution in [1.29, 1.82) is 0 Å². The first-order chi connectivity index (χ1) is 13.2. The summed E-state index contributed by atoms with van der Waals surface area (Å²) in [6.07, 6.45) is 0.877. The molecule has 2 N–H and O–H groups in total. The van der Waals surface area contributed by atoms with Crippen LogP contribution in [0.5, 0.6) is 5.75 Å². The van der Waals surface area contributed by atoms with E-state index in [2.05, 4.69) is 20.4 Å². The average Bonchev–Trinajstić information content (AvgIpc) is 3.12. The van der Waals surface area contributed by atoms with Crippen LogP contribution in [-0.4, -0.2) is 65.7 Å². The monoisotopic (exact) mass is 373 g/mol. The quantitative estimate of drug-likeness (QED) is 0.842. The summed E-state index contributed by atoms with van der Waals surface area (Å²) in [5.74, 6) is -0.0990. The lowest BCUT2D eigenvalue weighted by molar-refractivity contribution is 0.0621. The molecule has 2 aliphatic rings. The molecule has 1 aromatic heterocycles. The van der Waals surface area contributed by atoms with Crippen LogP contribution in [0.1, 0.15) is 27.3 Å². The number of nitrogens with zero attached hydrogens (tertiary/aromatic N) is 3. The maximum atomic E-state index is 13.9. The zero-order chi connectivity index (χ0) is 18.8. The second-order valence-electron chi connectivity index (χ2n) is 6.99. The van der Waals surface area contributed by atoms with Crippen molar-refractivity contribution < 1.29 is 13.9 Å². The first-order valence-electron chi connectivity index (χ1n) is 9.26. The third-order valence-corrected chi connectivity index (χ3v) is 5.29. The summed E-state index contributed by atoms with van der Waals surface area (Å²) < 4.78 is 18.8. The van der Waals surface area contributed by atoms with Gasteiger partial charge in [-0.2, -0.15) is 5.10 Å². The largest absolute Gasteiger partial charge is 0.494 e. The Morgan fingerprint density at radius 3 is 2.85 bits per heavy atom. The van der Waals surface area contributed by atoms with E-state index in [-0.39, 0.29) is 17.5 Å². The predicted molar refractivity (Wildman–Crippen MR) is 98.1 cm³/mol. The van der Waals surface area contributed by atoms with Crippen LogP contribution < -0.4 is 10.1 Å². The maximum Gasteiger partial charge on any atom is 0.274 e. The van der Waals surface area contributed by atoms with Crippen molar-refractivity contribution in [2.75, 3.05) is 39.8 Å². The number of aromatic nitrogens is 2. The third kappa shape index (κ3) is 3.68. The van der Waals surface area contributed by atoms with Gasteiger partial charge in [0.05, 0.1) is 7.11 Å². The Morgan fingerprint density at radius 1 is 1.30 bits per heavy atom. The molecule has 1 saturated heterocycles. The van der Waals surface area contributed by atoms with E-state index in [1.54, 1.807) is 6.07 Å². The minimum Gasteiger partial charge on any atom is -0.494 e. The molecule has 0 unspecified atom stereocenters. The van der Waals surface area contributed by atoms with E-state index < -0.39 is 0 Å². The number of piperazine rings is 1. The Kier molecular flexibility index (Phi) is 5.09. The van der Waals surface area contributed by atoms with Crippen LogP contribution in [0.4, 0.5) is 4.39 Å². The fourth-order valence-electron chi connectivity index (χ4n) is 3.73. The van der Waals surface area contributed by atoms with Gasteiger partial charge >= 0.3 is 0 Å². The molecular formula is C19H24FN5O2. The Hall–Kier alpha value is -2.45. The minimum atomic E-state index is -0.347. The van der Waals surface area contributed by atoms with Crippen LogP contribution in [0.3, 0.4) is 0 Å². The van der Waals surface area contributed by atoms with E-state index in [1.807, 2.05) is 11.0 Å². The molecule has 0 saturated carbocycles. The number of carbonyl (C=O) groups is 1. The van der Waals surface area contributed by atoms with Gasteiger partial charge in [0.25, 0.3) is 5.91 Å². The van der Waals surface area contributed by atoms with Crippen LogP contribution in [0.2, 0.25) is 0 Å². The van der Waals surface area contributed by atoms with Crippen molar-refractivity contribution in [3.63, 3.8) is 0 Å². The number of hydrogen-bond donors (Lipinski definition) is 2. The van der Waals surface area contributed by atoms with E-state index in [9.17, 15) is 9.18 Å². The van der Waals surface area contributed by atoms with Gasteiger partial charge in [0.1, 0.15) is 0 Å². The minimum absolute atomic E-state index is 0.00802. The van der Waals surface area contributed by atoms with Crippen molar-refractivity contribution in [1.82, 2.24) is 25.3 Å². The normalized spacial score (nSPS) is 17.6. The highest BCUT2D eigenvalue weighted by Crippen LogP contribution is 2.20. The summed E-state index contributed by atoms with van der Waals surface area (Å²) in [5.41, 5.74) is 3.52. The average molecular weight is 373 g/mol. The predicted octanol–water partition coefficient (Wildman–Crippen LogP) is 1.16. The SMILES string of the molecule is COc1ccc(CN2CCN(C(=O)c3n[nH]c4c3CNCC4)CC2)cc1F. The highest BCUT2D eigenvalue weighted by Gasteiger charge is 2.28. The van der Waals surface area contributed by atoms with Gasteiger partial charge in [-0.05, 0) is 17.7 Å². The highest BCUT2D eigenvalue weighted by molar-refractivity contribution is 5.94. The van der Waals surface area contributed by atoms with Gasteiger partial charge in [0.2, 0.25) is 0 Å². The van der Waals surface area contributed by atoms with E-state index in [0.717, 1.165) is 42.9 Å². The van der Waals surface area contributed by atoms with Crippen molar-refractivity contribution >= 4 is 5.91 Å². The number of nitrogens with one attached hydrogen (secondary N) is 2. The molecule has 1 aromatic carbocycles. The Labute approximate surface area is 157 Å². The zero-order valence-electron chi connectivity index (χ0n) is 15.4. The molecule has 0 spiro atoms. The number of rotatable bonds is 4. The summed E-state index contributed by atoms with van der Waals surface area (Å²) in [6, 6.07) is 5.04. The number of fused-ring (bicyclic) bond motifs is 1. The second kappa shape index (κ2) is 7.66. The van der Waals surface area contributed by atoms with Gasteiger partial charge in [0.15, 0.2) is 17.3 Å². The molecule has 144 valence electrons. The Bertz CT molecular complexity index is 830. The highest BCUT2D eigenvalue weighted by atomic mass is 19.1. The lowest BCUT2D eigenvalue weighted by Crippen LogP contribution is -2.48. The molecule has 0 aliphatic carbocycles. The summed E-state index contributed by atoms with van der Waals surface area (Å²) in [5, 5.41) is 10.6. The topological polar surface area (TPSA) is 73.5 Å². The Balaban J connectivity index is 1.35. The van der Waals surface area contributed by atoms with Crippen LogP contribution in [0.15, 0.2) is 18.2 Å².